The molecule has 5 aliphatic carbocycles. The molecule has 0 saturated carbocycles. The molecule has 0 heterocycles. The van der Waals surface area contributed by atoms with E-state index >= 15 is 0 Å². The Balaban J connectivity index is 1.54. The van der Waals surface area contributed by atoms with E-state index in [0.717, 1.165) is 61.2 Å². The predicted octanol–water partition coefficient (Wildman–Crippen LogP) is 6.38. The first-order valence-electron chi connectivity index (χ1n) is 11.4. The van der Waals surface area contributed by atoms with Crippen molar-refractivity contribution >= 4 is 28.8 Å². The van der Waals surface area contributed by atoms with Crippen LogP contribution in [0.25, 0.3) is 17.2 Å². The van der Waals surface area contributed by atoms with Gasteiger partial charge in [-0.25, -0.2) is 0 Å². The van der Waals surface area contributed by atoms with E-state index in [1.165, 1.54) is 5.56 Å². The average Bonchev–Trinajstić information content (AvgIpc) is 2.85. The van der Waals surface area contributed by atoms with Crippen LogP contribution < -0.4 is 0 Å². The molecule has 5 aliphatic rings. The summed E-state index contributed by atoms with van der Waals surface area (Å²) in [6, 6.07) is 20.0. The number of ketones is 2. The van der Waals surface area contributed by atoms with Gasteiger partial charge in [0.1, 0.15) is 0 Å². The molecule has 33 heavy (non-hydrogen) atoms. The van der Waals surface area contributed by atoms with Gasteiger partial charge in [0.05, 0.1) is 0 Å². The maximum absolute atomic E-state index is 13.5. The molecule has 0 aromatic heterocycles. The second-order valence-corrected chi connectivity index (χ2v) is 9.82. The summed E-state index contributed by atoms with van der Waals surface area (Å²) < 4.78 is 0. The molecule has 2 heteroatoms. The minimum Gasteiger partial charge on any atom is -0.289 e. The van der Waals surface area contributed by atoms with Crippen LogP contribution in [0, 0.1) is 5.41 Å². The molecule has 0 amide bonds. The van der Waals surface area contributed by atoms with E-state index < -0.39 is 0 Å². The highest BCUT2D eigenvalue weighted by atomic mass is 16.1. The highest BCUT2D eigenvalue weighted by Gasteiger charge is 2.50. The molecule has 0 bridgehead atoms. The topological polar surface area (TPSA) is 34.1 Å². The lowest BCUT2D eigenvalue weighted by molar-refractivity contribution is 0.102. The Labute approximate surface area is 191 Å². The van der Waals surface area contributed by atoms with Gasteiger partial charge in [0.2, 0.25) is 0 Å². The molecule has 3 aromatic rings. The van der Waals surface area contributed by atoms with Gasteiger partial charge < -0.3 is 0 Å². The van der Waals surface area contributed by atoms with Gasteiger partial charge in [-0.15, -0.1) is 0 Å². The second kappa shape index (κ2) is 5.47. The monoisotopic (exact) mass is 422 g/mol. The van der Waals surface area contributed by atoms with Gasteiger partial charge in [-0.05, 0) is 56.7 Å². The molecule has 0 N–H and O–H groups in total. The van der Waals surface area contributed by atoms with Crippen molar-refractivity contribution in [1.82, 2.24) is 0 Å². The van der Waals surface area contributed by atoms with Crippen molar-refractivity contribution in [3.05, 3.63) is 135 Å². The first kappa shape index (κ1) is 17.5. The molecule has 0 radical (unpaired) electrons. The first-order chi connectivity index (χ1) is 16.1. The van der Waals surface area contributed by atoms with Crippen LogP contribution in [0.1, 0.15) is 66.9 Å². The normalized spacial score (nSPS) is 24.6. The summed E-state index contributed by atoms with van der Waals surface area (Å²) in [5, 5.41) is 0. The third-order valence-corrected chi connectivity index (χ3v) is 8.11. The van der Waals surface area contributed by atoms with Gasteiger partial charge in [0.25, 0.3) is 0 Å². The van der Waals surface area contributed by atoms with Gasteiger partial charge >= 0.3 is 0 Å². The maximum atomic E-state index is 13.5. The number of carbonyl (C=O) groups excluding carboxylic acids is 2. The van der Waals surface area contributed by atoms with Crippen LogP contribution in [-0.2, 0) is 0 Å². The Morgan fingerprint density at radius 3 is 2.15 bits per heavy atom. The lowest BCUT2D eigenvalue weighted by Crippen LogP contribution is -2.37. The number of rotatable bonds is 0. The molecule has 0 saturated heterocycles. The van der Waals surface area contributed by atoms with E-state index in [9.17, 15) is 9.59 Å². The number of hydrogen-bond acceptors (Lipinski definition) is 2. The SMILES string of the molecule is CC12C=CC3=C4C(=Cc5ccc6c(c5C41)C(=C2)c1ccccc1C6=O)c1ccccc1C3=O. The van der Waals surface area contributed by atoms with Crippen molar-refractivity contribution in [3.8, 4) is 0 Å². The van der Waals surface area contributed by atoms with E-state index in [4.69, 9.17) is 0 Å². The van der Waals surface area contributed by atoms with Crippen LogP contribution in [0.5, 0.6) is 0 Å². The van der Waals surface area contributed by atoms with Crippen molar-refractivity contribution in [3.63, 3.8) is 0 Å². The smallest absolute Gasteiger partial charge is 0.194 e. The van der Waals surface area contributed by atoms with Gasteiger partial charge in [-0.2, -0.15) is 0 Å². The summed E-state index contributed by atoms with van der Waals surface area (Å²) in [5.41, 5.74) is 11.7. The lowest BCUT2D eigenvalue weighted by atomic mass is 9.53. The van der Waals surface area contributed by atoms with Gasteiger partial charge in [-0.1, -0.05) is 79.7 Å². The number of benzene rings is 3. The van der Waals surface area contributed by atoms with Crippen LogP contribution in [0.2, 0.25) is 0 Å². The molecule has 0 aliphatic heterocycles. The molecule has 8 rings (SSSR count). The quantitative estimate of drug-likeness (QED) is 0.329. The molecule has 154 valence electrons. The summed E-state index contributed by atoms with van der Waals surface area (Å²) in [4.78, 5) is 27.0. The highest BCUT2D eigenvalue weighted by Crippen LogP contribution is 2.63. The third kappa shape index (κ3) is 1.89. The van der Waals surface area contributed by atoms with Crippen molar-refractivity contribution in [1.29, 1.82) is 0 Å². The summed E-state index contributed by atoms with van der Waals surface area (Å²) >= 11 is 0. The van der Waals surface area contributed by atoms with Crippen LogP contribution in [-0.4, -0.2) is 11.6 Å². The molecule has 2 nitrogen and oxygen atoms in total. The number of allylic oxidation sites excluding steroid dienone is 6. The van der Waals surface area contributed by atoms with E-state index in [1.807, 2.05) is 48.5 Å². The molecule has 3 aromatic carbocycles. The first-order valence-corrected chi connectivity index (χ1v) is 11.4. The zero-order valence-electron chi connectivity index (χ0n) is 18.0. The van der Waals surface area contributed by atoms with Crippen LogP contribution in [0.3, 0.4) is 0 Å². The van der Waals surface area contributed by atoms with Crippen molar-refractivity contribution in [2.75, 3.05) is 0 Å². The number of Topliss-reactive ketones (excluding diaryl/α,β-unsaturated/α-hetero) is 1. The fraction of sp³-hybridized carbons (Fsp3) is 0.0968. The average molecular weight is 422 g/mol. The Bertz CT molecular complexity index is 1660. The lowest BCUT2D eigenvalue weighted by Gasteiger charge is -2.48. The van der Waals surface area contributed by atoms with Crippen molar-refractivity contribution in [2.45, 2.75) is 12.8 Å². The van der Waals surface area contributed by atoms with E-state index in [1.54, 1.807) is 0 Å². The summed E-state index contributed by atoms with van der Waals surface area (Å²) in [5.74, 6) is 0.201. The largest absolute Gasteiger partial charge is 0.289 e. The Morgan fingerprint density at radius 2 is 1.39 bits per heavy atom. The second-order valence-electron chi connectivity index (χ2n) is 9.82. The fourth-order valence-corrected chi connectivity index (χ4v) is 6.73. The van der Waals surface area contributed by atoms with Crippen LogP contribution in [0.4, 0.5) is 0 Å². The van der Waals surface area contributed by atoms with Gasteiger partial charge in [0.15, 0.2) is 11.6 Å². The Morgan fingerprint density at radius 1 is 0.727 bits per heavy atom. The zero-order chi connectivity index (χ0) is 22.1. The molecule has 0 fully saturated rings. The molecular weight excluding hydrogens is 404 g/mol. The van der Waals surface area contributed by atoms with E-state index in [0.29, 0.717) is 0 Å². The Hall–Kier alpha value is -4.04. The maximum Gasteiger partial charge on any atom is 0.194 e. The minimum absolute atomic E-state index is 0.0153. The number of hydrogen-bond donors (Lipinski definition) is 0. The summed E-state index contributed by atoms with van der Waals surface area (Å²) in [7, 11) is 0. The fourth-order valence-electron chi connectivity index (χ4n) is 6.73. The predicted molar refractivity (Wildman–Crippen MR) is 129 cm³/mol. The minimum atomic E-state index is -0.284. The number of fused-ring (bicyclic) bond motifs is 4. The molecule has 2 atom stereocenters. The highest BCUT2D eigenvalue weighted by molar-refractivity contribution is 6.24. The molecule has 0 spiro atoms. The molecule has 2 unspecified atom stereocenters. The summed E-state index contributed by atoms with van der Waals surface area (Å²) in [6.07, 6.45) is 8.82. The van der Waals surface area contributed by atoms with Crippen LogP contribution >= 0.6 is 0 Å². The van der Waals surface area contributed by atoms with Crippen molar-refractivity contribution in [2.24, 2.45) is 5.41 Å². The van der Waals surface area contributed by atoms with Gasteiger partial charge in [-0.3, -0.25) is 9.59 Å². The van der Waals surface area contributed by atoms with E-state index in [2.05, 4.69) is 43.4 Å². The van der Waals surface area contributed by atoms with Crippen LogP contribution in [0.15, 0.2) is 90.0 Å². The number of carbonyl (C=O) groups is 2. The Kier molecular flexibility index (Phi) is 2.90. The zero-order valence-corrected chi connectivity index (χ0v) is 18.0. The standard InChI is InChI=1S/C31H18O2/c1-31-13-12-22-27-23(17-6-2-4-8-19(17)30(22)33)14-16-10-11-21-26(25(16)28(27)31)24(15-31)18-7-3-5-9-20(18)29(21)32/h2-15,28H,1H3. The molecular formula is C31H18O2. The third-order valence-electron chi connectivity index (χ3n) is 8.11. The van der Waals surface area contributed by atoms with Crippen molar-refractivity contribution < 1.29 is 9.59 Å². The van der Waals surface area contributed by atoms with E-state index in [-0.39, 0.29) is 22.9 Å². The summed E-state index contributed by atoms with van der Waals surface area (Å²) in [6.45, 7) is 2.26. The van der Waals surface area contributed by atoms with Gasteiger partial charge in [0, 0.05) is 33.6 Å².